The topological polar surface area (TPSA) is 47.0 Å². The van der Waals surface area contributed by atoms with E-state index in [-0.39, 0.29) is 18.0 Å². The third-order valence-corrected chi connectivity index (χ3v) is 5.39. The lowest BCUT2D eigenvalue weighted by molar-refractivity contribution is -0.160. The van der Waals surface area contributed by atoms with Crippen LogP contribution in [-0.4, -0.2) is 77.6 Å². The third-order valence-electron chi connectivity index (χ3n) is 5.39. The number of likely N-dealkylation sites (N-methyl/N-ethyl adjacent to an activating group) is 1. The van der Waals surface area contributed by atoms with Gasteiger partial charge in [-0.25, -0.2) is 8.78 Å². The Morgan fingerprint density at radius 2 is 1.92 bits per heavy atom. The number of amides is 1. The van der Waals surface area contributed by atoms with E-state index < -0.39 is 17.2 Å². The summed E-state index contributed by atoms with van der Waals surface area (Å²) in [4.78, 5) is 18.7. The average Bonchev–Trinajstić information content (AvgIpc) is 2.80. The van der Waals surface area contributed by atoms with Gasteiger partial charge in [0.25, 0.3) is 5.91 Å². The maximum absolute atomic E-state index is 13.9. The van der Waals surface area contributed by atoms with Crippen LogP contribution >= 0.6 is 0 Å². The van der Waals surface area contributed by atoms with Crippen LogP contribution < -0.4 is 0 Å². The molecule has 0 aromatic heterocycles. The summed E-state index contributed by atoms with van der Waals surface area (Å²) in [6.45, 7) is 4.29. The van der Waals surface area contributed by atoms with Crippen molar-refractivity contribution >= 4 is 5.91 Å². The highest BCUT2D eigenvalue weighted by Gasteiger charge is 2.43. The second kappa shape index (κ2) is 7.98. The molecule has 2 saturated heterocycles. The average molecular weight is 367 g/mol. The molecule has 0 saturated carbocycles. The monoisotopic (exact) mass is 367 g/mol. The summed E-state index contributed by atoms with van der Waals surface area (Å²) in [5, 5.41) is 11.0. The van der Waals surface area contributed by atoms with E-state index in [0.717, 1.165) is 38.7 Å². The van der Waals surface area contributed by atoms with Crippen LogP contribution in [0.15, 0.2) is 18.2 Å². The minimum Gasteiger partial charge on any atom is -0.379 e. The molecule has 2 fully saturated rings. The number of nitrogens with zero attached hydrogens (tertiary/aromatic N) is 3. The third kappa shape index (κ3) is 4.22. The van der Waals surface area contributed by atoms with E-state index in [2.05, 4.69) is 16.8 Å². The van der Waals surface area contributed by atoms with Crippen LogP contribution in [0.3, 0.4) is 0 Å². The fraction of sp³-hybridized carbons (Fsp3) is 0.632. The Balaban J connectivity index is 1.69. The maximum atomic E-state index is 13.9. The first-order chi connectivity index (χ1) is 12.4. The van der Waals surface area contributed by atoms with Gasteiger partial charge in [-0.2, -0.15) is 0 Å². The second-order valence-electron chi connectivity index (χ2n) is 7.51. The van der Waals surface area contributed by atoms with Gasteiger partial charge >= 0.3 is 0 Å². The van der Waals surface area contributed by atoms with Crippen LogP contribution in [-0.2, 0) is 11.3 Å². The molecule has 144 valence electrons. The first-order valence-electron chi connectivity index (χ1n) is 9.24. The molecule has 0 radical (unpaired) electrons. The summed E-state index contributed by atoms with van der Waals surface area (Å²) in [6, 6.07) is 3.97. The highest BCUT2D eigenvalue weighted by Crippen LogP contribution is 2.26. The first-order valence-corrected chi connectivity index (χ1v) is 9.24. The smallest absolute Gasteiger partial charge is 0.256 e. The molecule has 2 heterocycles. The number of hydrogen-bond acceptors (Lipinski definition) is 4. The Bertz CT molecular complexity index is 658. The number of piperidine rings is 1. The predicted octanol–water partition coefficient (Wildman–Crippen LogP) is 1.46. The van der Waals surface area contributed by atoms with Gasteiger partial charge in [-0.3, -0.25) is 9.69 Å². The van der Waals surface area contributed by atoms with Crippen LogP contribution in [0.2, 0.25) is 0 Å². The first kappa shape index (κ1) is 19.2. The lowest BCUT2D eigenvalue weighted by atomic mass is 9.90. The zero-order chi connectivity index (χ0) is 18.7. The van der Waals surface area contributed by atoms with Crippen LogP contribution in [0.4, 0.5) is 8.78 Å². The SMILES string of the molecule is CN1CCCN(C[C@@]2(O)CCCN(Cc3cccc(F)c3F)C2=O)CC1. The van der Waals surface area contributed by atoms with Crippen molar-refractivity contribution in [3.63, 3.8) is 0 Å². The molecule has 0 spiro atoms. The summed E-state index contributed by atoms with van der Waals surface area (Å²) in [5.41, 5.74) is -1.32. The fourth-order valence-corrected chi connectivity index (χ4v) is 3.87. The van der Waals surface area contributed by atoms with E-state index in [4.69, 9.17) is 0 Å². The highest BCUT2D eigenvalue weighted by atomic mass is 19.2. The molecule has 2 aliphatic heterocycles. The Hall–Kier alpha value is -1.57. The molecule has 0 unspecified atom stereocenters. The van der Waals surface area contributed by atoms with Gasteiger partial charge in [0.05, 0.1) is 0 Å². The van der Waals surface area contributed by atoms with Gasteiger partial charge in [0.15, 0.2) is 17.2 Å². The minimum absolute atomic E-state index is 0.0204. The highest BCUT2D eigenvalue weighted by molar-refractivity contribution is 5.86. The minimum atomic E-state index is -1.45. The van der Waals surface area contributed by atoms with E-state index in [1.165, 1.54) is 17.0 Å². The van der Waals surface area contributed by atoms with Gasteiger partial charge in [-0.1, -0.05) is 12.1 Å². The summed E-state index contributed by atoms with van der Waals surface area (Å²) in [6.07, 6.45) is 2.05. The molecule has 5 nitrogen and oxygen atoms in total. The molecule has 3 rings (SSSR count). The summed E-state index contributed by atoms with van der Waals surface area (Å²) < 4.78 is 27.4. The van der Waals surface area contributed by atoms with Gasteiger partial charge in [-0.15, -0.1) is 0 Å². The summed E-state index contributed by atoms with van der Waals surface area (Å²) in [5.74, 6) is -2.23. The second-order valence-corrected chi connectivity index (χ2v) is 7.51. The van der Waals surface area contributed by atoms with Gasteiger partial charge in [0.1, 0.15) is 0 Å². The number of rotatable bonds is 4. The molecular formula is C19H27F2N3O2. The Morgan fingerprint density at radius 1 is 1.12 bits per heavy atom. The molecule has 2 aliphatic rings. The molecule has 1 aromatic rings. The largest absolute Gasteiger partial charge is 0.379 e. The predicted molar refractivity (Wildman–Crippen MR) is 94.5 cm³/mol. The van der Waals surface area contributed by atoms with E-state index in [9.17, 15) is 18.7 Å². The van der Waals surface area contributed by atoms with Gasteiger partial charge in [-0.05, 0) is 45.5 Å². The summed E-state index contributed by atoms with van der Waals surface area (Å²) in [7, 11) is 2.07. The quantitative estimate of drug-likeness (QED) is 0.875. The number of halogens is 2. The molecule has 1 aromatic carbocycles. The van der Waals surface area contributed by atoms with E-state index in [1.807, 2.05) is 0 Å². The molecule has 0 aliphatic carbocycles. The van der Waals surface area contributed by atoms with Crippen molar-refractivity contribution in [2.45, 2.75) is 31.4 Å². The standard InChI is InChI=1S/C19H27F2N3O2/c1-22-8-4-9-23(12-11-22)14-19(26)7-3-10-24(18(19)25)13-15-5-2-6-16(20)17(15)21/h2,5-6,26H,3-4,7-14H2,1H3/t19-/m0/s1. The van der Waals surface area contributed by atoms with E-state index in [0.29, 0.717) is 25.9 Å². The van der Waals surface area contributed by atoms with Crippen molar-refractivity contribution in [1.82, 2.24) is 14.7 Å². The Labute approximate surface area is 153 Å². The number of carbonyl (C=O) groups excluding carboxylic acids is 1. The van der Waals surface area contributed by atoms with Crippen molar-refractivity contribution in [3.8, 4) is 0 Å². The van der Waals surface area contributed by atoms with Crippen LogP contribution in [0.5, 0.6) is 0 Å². The van der Waals surface area contributed by atoms with Gasteiger partial charge < -0.3 is 14.9 Å². The van der Waals surface area contributed by atoms with Crippen LogP contribution in [0, 0.1) is 11.6 Å². The molecular weight excluding hydrogens is 340 g/mol. The van der Waals surface area contributed by atoms with Gasteiger partial charge in [0, 0.05) is 38.3 Å². The lowest BCUT2D eigenvalue weighted by Crippen LogP contribution is -2.58. The van der Waals surface area contributed by atoms with Crippen molar-refractivity contribution in [2.24, 2.45) is 0 Å². The normalized spacial score (nSPS) is 26.2. The van der Waals surface area contributed by atoms with Crippen molar-refractivity contribution in [2.75, 3.05) is 46.3 Å². The van der Waals surface area contributed by atoms with Crippen molar-refractivity contribution < 1.29 is 18.7 Å². The molecule has 7 heteroatoms. The fourth-order valence-electron chi connectivity index (χ4n) is 3.87. The van der Waals surface area contributed by atoms with E-state index in [1.54, 1.807) is 0 Å². The van der Waals surface area contributed by atoms with Crippen molar-refractivity contribution in [3.05, 3.63) is 35.4 Å². The number of aliphatic hydroxyl groups is 1. The number of β-amino-alcohol motifs (C(OH)–C–C–N with tert-alkyl or cyclic N) is 1. The maximum Gasteiger partial charge on any atom is 0.256 e. The number of hydrogen-bond donors (Lipinski definition) is 1. The molecule has 1 atom stereocenters. The molecule has 1 amide bonds. The molecule has 1 N–H and O–H groups in total. The number of benzene rings is 1. The number of likely N-dealkylation sites (tertiary alicyclic amines) is 1. The molecule has 0 bridgehead atoms. The summed E-state index contributed by atoms with van der Waals surface area (Å²) >= 11 is 0. The van der Waals surface area contributed by atoms with Crippen LogP contribution in [0.1, 0.15) is 24.8 Å². The van der Waals surface area contributed by atoms with Crippen molar-refractivity contribution in [1.29, 1.82) is 0 Å². The lowest BCUT2D eigenvalue weighted by Gasteiger charge is -2.40. The molecule has 26 heavy (non-hydrogen) atoms. The van der Waals surface area contributed by atoms with Crippen LogP contribution in [0.25, 0.3) is 0 Å². The zero-order valence-electron chi connectivity index (χ0n) is 15.3. The van der Waals surface area contributed by atoms with Gasteiger partial charge in [0.2, 0.25) is 0 Å². The zero-order valence-corrected chi connectivity index (χ0v) is 15.3. The van der Waals surface area contributed by atoms with E-state index >= 15 is 0 Å². The Kier molecular flexibility index (Phi) is 5.89. The number of carbonyl (C=O) groups is 1. The Morgan fingerprint density at radius 3 is 2.73 bits per heavy atom.